The molecule has 0 aromatic rings. The summed E-state index contributed by atoms with van der Waals surface area (Å²) in [6, 6.07) is 0. The van der Waals surface area contributed by atoms with Crippen molar-refractivity contribution >= 4 is 40.7 Å². The van der Waals surface area contributed by atoms with E-state index in [0.29, 0.717) is 37.7 Å². The van der Waals surface area contributed by atoms with Crippen molar-refractivity contribution in [2.24, 2.45) is 51.2 Å². The van der Waals surface area contributed by atoms with Crippen molar-refractivity contribution < 1.29 is 71.8 Å². The molecular weight excluding hydrogens is 885 g/mol. The largest absolute Gasteiger partial charge is 0.458 e. The van der Waals surface area contributed by atoms with Crippen molar-refractivity contribution in [1.29, 1.82) is 0 Å². The highest BCUT2D eigenvalue weighted by Gasteiger charge is 2.81. The van der Waals surface area contributed by atoms with Crippen molar-refractivity contribution in [3.05, 3.63) is 46.6 Å². The van der Waals surface area contributed by atoms with Crippen LogP contribution in [-0.4, -0.2) is 116 Å². The van der Waals surface area contributed by atoms with Gasteiger partial charge in [-0.25, -0.2) is 13.2 Å². The van der Waals surface area contributed by atoms with Crippen molar-refractivity contribution in [1.82, 2.24) is 0 Å². The van der Waals surface area contributed by atoms with Crippen LogP contribution in [0.1, 0.15) is 112 Å². The lowest BCUT2D eigenvalue weighted by molar-refractivity contribution is -0.253. The van der Waals surface area contributed by atoms with Crippen LogP contribution in [0.4, 0.5) is 13.2 Å². The highest BCUT2D eigenvalue weighted by Crippen LogP contribution is 2.74. The molecule has 1 heterocycles. The molecule has 16 heteroatoms. The van der Waals surface area contributed by atoms with Crippen LogP contribution in [0, 0.1) is 51.2 Å². The van der Waals surface area contributed by atoms with Gasteiger partial charge in [-0.05, 0) is 119 Å². The number of alkyl halides is 3. The zero-order chi connectivity index (χ0) is 48.2. The molecule has 8 fully saturated rings. The van der Waals surface area contributed by atoms with Gasteiger partial charge in [-0.15, -0.1) is 0 Å². The van der Waals surface area contributed by atoms with Crippen LogP contribution in [0.5, 0.6) is 0 Å². The van der Waals surface area contributed by atoms with Crippen LogP contribution in [0.25, 0.3) is 0 Å². The molecule has 0 bridgehead atoms. The van der Waals surface area contributed by atoms with Crippen molar-refractivity contribution in [3.63, 3.8) is 0 Å². The Morgan fingerprint density at radius 1 is 0.879 bits per heavy atom. The summed E-state index contributed by atoms with van der Waals surface area (Å²) in [5.41, 5.74) is -11.9. The van der Waals surface area contributed by atoms with E-state index in [1.807, 2.05) is 6.92 Å². The molecule has 0 amide bonds. The van der Waals surface area contributed by atoms with Gasteiger partial charge in [0.15, 0.2) is 46.7 Å². The van der Waals surface area contributed by atoms with Gasteiger partial charge in [-0.1, -0.05) is 44.0 Å². The zero-order valence-corrected chi connectivity index (χ0v) is 39.1. The number of halogens is 4. The van der Waals surface area contributed by atoms with Crippen LogP contribution in [-0.2, 0) is 38.2 Å². The summed E-state index contributed by atoms with van der Waals surface area (Å²) < 4.78 is 68.2. The summed E-state index contributed by atoms with van der Waals surface area (Å²) in [5.74, 6) is -6.39. The molecule has 10 rings (SSSR count). The molecule has 1 spiro atoms. The third kappa shape index (κ3) is 5.82. The monoisotopic (exact) mass is 946 g/mol. The number of Topliss-reactive ketones (excluding diaryl/α,β-unsaturated/α-hetero) is 2. The van der Waals surface area contributed by atoms with Crippen LogP contribution in [0.3, 0.4) is 0 Å². The SMILES string of the molecule is CC(=O)OCC(=O)[C@@]12OC3(CCCC3)O[C@@H]1C[C@H]1[C@@H]3CCC4=CC(=O)C=C[C@]4(C)[C@@]3(F)[C@@H](O)C[C@@]12C.C[C@@H]1C[C@H]2[C@@H]3C[C@H](F)C4=CC(=O)C(Cl)=C[C@]4(C)[C@@]3(F)[C@@H](O)C[C@]2(C)[C@@]1(O)C(=O)CO. The van der Waals surface area contributed by atoms with Gasteiger partial charge >= 0.3 is 5.97 Å². The highest BCUT2D eigenvalue weighted by molar-refractivity contribution is 6.44. The molecule has 0 aromatic heterocycles. The van der Waals surface area contributed by atoms with E-state index in [2.05, 4.69) is 0 Å². The predicted molar refractivity (Wildman–Crippen MR) is 230 cm³/mol. The highest BCUT2D eigenvalue weighted by atomic mass is 35.5. The molecule has 9 aliphatic carbocycles. The predicted octanol–water partition coefficient (Wildman–Crippen LogP) is 5.93. The lowest BCUT2D eigenvalue weighted by Gasteiger charge is -2.63. The standard InChI is InChI=1S/C28H35FO7.C22H27ClF2O5/c1-16(30)34-15-22(33)28-23(35-26(36-28)9-4-5-10-26)13-20-19-7-6-17-12-18(31)8-11-24(17,2)27(19,29)21(32)14-25(20,28)3;1-10-4-11-12-5-15(24)13-6-16(27)14(23)7-19(13,2)21(12,25)17(28)8-20(11,3)22(10,30)18(29)9-26/h8,11-12,19-21,23,32H,4-7,9-10,13-15H2,1-3H3;6-7,10-12,15,17,26,28,30H,4-5,8-9H2,1-3H3/t19-,20-,21-,23+,24-,25-,27-,28+;10-,11+,12+,15+,17+,19+,20+,21+,22+/m01/s1. The van der Waals surface area contributed by atoms with E-state index >= 15 is 13.2 Å². The molecule has 0 radical (unpaired) electrons. The number of ketones is 4. The topological polar surface area (TPSA) is 194 Å². The molecule has 17 atom stereocenters. The summed E-state index contributed by atoms with van der Waals surface area (Å²) >= 11 is 6.02. The third-order valence-corrected chi connectivity index (χ3v) is 19.8. The Morgan fingerprint density at radius 3 is 2.14 bits per heavy atom. The number of carbonyl (C=O) groups is 5. The third-order valence-electron chi connectivity index (χ3n) is 19.5. The first-order valence-corrected chi connectivity index (χ1v) is 24.0. The van der Waals surface area contributed by atoms with E-state index in [1.165, 1.54) is 32.1 Å². The Bertz CT molecular complexity index is 2290. The maximum atomic E-state index is 17.4. The number of hydrogen-bond acceptors (Lipinski definition) is 12. The minimum atomic E-state index is -2.33. The normalized spacial score (nSPS) is 50.2. The first-order valence-electron chi connectivity index (χ1n) is 23.6. The second kappa shape index (κ2) is 15.2. The summed E-state index contributed by atoms with van der Waals surface area (Å²) in [4.78, 5) is 62.1. The van der Waals surface area contributed by atoms with Crippen LogP contribution in [0.2, 0.25) is 0 Å². The van der Waals surface area contributed by atoms with Gasteiger partial charge in [-0.2, -0.15) is 0 Å². The molecule has 0 unspecified atom stereocenters. The van der Waals surface area contributed by atoms with E-state index in [9.17, 15) is 44.4 Å². The maximum absolute atomic E-state index is 17.4. The number of esters is 1. The van der Waals surface area contributed by atoms with Gasteiger partial charge in [0.25, 0.3) is 0 Å². The molecule has 12 nitrogen and oxygen atoms in total. The number of aliphatic hydroxyl groups excluding tert-OH is 3. The molecule has 7 saturated carbocycles. The van der Waals surface area contributed by atoms with E-state index in [-0.39, 0.29) is 53.8 Å². The second-order valence-electron chi connectivity index (χ2n) is 22.2. The lowest BCUT2D eigenvalue weighted by Crippen LogP contribution is -2.70. The van der Waals surface area contributed by atoms with Gasteiger partial charge in [0.05, 0.1) is 23.3 Å². The minimum absolute atomic E-state index is 0.0110. The van der Waals surface area contributed by atoms with Crippen molar-refractivity contribution in [3.8, 4) is 0 Å². The van der Waals surface area contributed by atoms with Gasteiger partial charge < -0.3 is 34.6 Å². The van der Waals surface area contributed by atoms with Crippen molar-refractivity contribution in [2.45, 2.75) is 165 Å². The molecule has 1 aliphatic heterocycles. The number of rotatable bonds is 5. The van der Waals surface area contributed by atoms with E-state index < -0.39 is 129 Å². The van der Waals surface area contributed by atoms with E-state index in [1.54, 1.807) is 26.8 Å². The van der Waals surface area contributed by atoms with Gasteiger partial charge in [0.2, 0.25) is 5.78 Å². The Morgan fingerprint density at radius 2 is 1.50 bits per heavy atom. The van der Waals surface area contributed by atoms with Crippen LogP contribution in [0.15, 0.2) is 46.6 Å². The molecule has 10 aliphatic rings. The van der Waals surface area contributed by atoms with Gasteiger partial charge in [0, 0.05) is 53.3 Å². The van der Waals surface area contributed by atoms with E-state index in [4.69, 9.17) is 25.8 Å². The van der Waals surface area contributed by atoms with Crippen LogP contribution < -0.4 is 0 Å². The molecular formula is C50H62ClF3O12. The summed E-state index contributed by atoms with van der Waals surface area (Å²) in [6.07, 6.45) is 5.95. The molecule has 4 N–H and O–H groups in total. The first kappa shape index (κ1) is 48.0. The Labute approximate surface area is 387 Å². The number of fused-ring (bicyclic) bond motifs is 12. The van der Waals surface area contributed by atoms with Crippen LogP contribution >= 0.6 is 11.6 Å². The number of ether oxygens (including phenoxy) is 3. The number of aliphatic hydroxyl groups is 4. The average Bonchev–Trinajstić information content (AvgIpc) is 3.96. The fourth-order valence-electron chi connectivity index (χ4n) is 16.3. The molecule has 0 aromatic carbocycles. The zero-order valence-electron chi connectivity index (χ0n) is 38.3. The smallest absolute Gasteiger partial charge is 0.303 e. The van der Waals surface area contributed by atoms with Gasteiger partial charge in [-0.3, -0.25) is 24.0 Å². The van der Waals surface area contributed by atoms with Crippen molar-refractivity contribution in [2.75, 3.05) is 13.2 Å². The Kier molecular flexibility index (Phi) is 11.1. The summed E-state index contributed by atoms with van der Waals surface area (Å²) in [7, 11) is 0. The molecule has 66 heavy (non-hydrogen) atoms. The lowest BCUT2D eigenvalue weighted by atomic mass is 9.44. The fourth-order valence-corrected chi connectivity index (χ4v) is 16.6. The fraction of sp³-hybridized carbons (Fsp3) is 0.740. The van der Waals surface area contributed by atoms with Gasteiger partial charge in [0.1, 0.15) is 18.4 Å². The Balaban J connectivity index is 0.000000169. The molecule has 362 valence electrons. The summed E-state index contributed by atoms with van der Waals surface area (Å²) in [6.45, 7) is 8.36. The second-order valence-corrected chi connectivity index (χ2v) is 22.6. The minimum Gasteiger partial charge on any atom is -0.458 e. The molecule has 1 saturated heterocycles. The van der Waals surface area contributed by atoms with E-state index in [0.717, 1.165) is 18.9 Å². The number of carbonyl (C=O) groups excluding carboxylic acids is 5. The Hall–Kier alpha value is -3.05. The number of allylic oxidation sites excluding steroid dienone is 8. The quantitative estimate of drug-likeness (QED) is 0.238. The summed E-state index contributed by atoms with van der Waals surface area (Å²) in [5, 5.41) is 43.4. The average molecular weight is 947 g/mol. The number of hydrogen-bond donors (Lipinski definition) is 4. The first-order chi connectivity index (χ1) is 30.7. The maximum Gasteiger partial charge on any atom is 0.303 e.